The van der Waals surface area contributed by atoms with Crippen molar-refractivity contribution in [3.63, 3.8) is 0 Å². The van der Waals surface area contributed by atoms with Crippen LogP contribution in [0, 0.1) is 0 Å². The van der Waals surface area contributed by atoms with E-state index in [1.165, 1.54) is 17.4 Å². The van der Waals surface area contributed by atoms with Crippen molar-refractivity contribution in [2.75, 3.05) is 13.1 Å². The molecule has 2 heterocycles. The Labute approximate surface area is 228 Å². The Morgan fingerprint density at radius 3 is 2.43 bits per heavy atom. The van der Waals surface area contributed by atoms with E-state index < -0.39 is 17.4 Å². The van der Waals surface area contributed by atoms with E-state index in [-0.39, 0.29) is 17.5 Å². The molecule has 11 heteroatoms. The number of likely N-dealkylation sites (tertiary alicyclic amines) is 1. The minimum atomic E-state index is -1.07. The third kappa shape index (κ3) is 6.60. The topological polar surface area (TPSA) is 101 Å². The summed E-state index contributed by atoms with van der Waals surface area (Å²) in [7, 11) is 0. The minimum absolute atomic E-state index is 0.111. The third-order valence-corrected chi connectivity index (χ3v) is 7.53. The number of aromatic nitrogens is 1. The van der Waals surface area contributed by atoms with Crippen LogP contribution in [0.3, 0.4) is 0 Å². The number of nitrogens with zero attached hydrogens (tertiary/aromatic N) is 2. The van der Waals surface area contributed by atoms with Gasteiger partial charge in [-0.1, -0.05) is 41.4 Å². The summed E-state index contributed by atoms with van der Waals surface area (Å²) in [6.45, 7) is 4.58. The van der Waals surface area contributed by atoms with E-state index in [0.29, 0.717) is 47.3 Å². The second kappa shape index (κ2) is 11.5. The number of carbonyl (C=O) groups excluding carboxylic acids is 3. The summed E-state index contributed by atoms with van der Waals surface area (Å²) in [5.41, 5.74) is 4.23. The van der Waals surface area contributed by atoms with Gasteiger partial charge in [-0.2, -0.15) is 0 Å². The van der Waals surface area contributed by atoms with Crippen LogP contribution in [0.5, 0.6) is 5.75 Å². The van der Waals surface area contributed by atoms with Crippen LogP contribution in [-0.4, -0.2) is 46.3 Å². The number of nitrogens with one attached hydrogen (secondary N) is 2. The minimum Gasteiger partial charge on any atom is -0.476 e. The zero-order valence-corrected chi connectivity index (χ0v) is 22.6. The van der Waals surface area contributed by atoms with Crippen molar-refractivity contribution in [3.8, 4) is 5.75 Å². The van der Waals surface area contributed by atoms with Gasteiger partial charge < -0.3 is 9.64 Å². The van der Waals surface area contributed by atoms with E-state index in [4.69, 9.17) is 27.9 Å². The molecule has 1 saturated heterocycles. The zero-order valence-electron chi connectivity index (χ0n) is 20.3. The highest BCUT2D eigenvalue weighted by Gasteiger charge is 2.37. The number of carbonyl (C=O) groups is 3. The lowest BCUT2D eigenvalue weighted by atomic mass is 9.96. The normalized spacial score (nSPS) is 14.2. The van der Waals surface area contributed by atoms with Crippen molar-refractivity contribution in [2.45, 2.75) is 38.2 Å². The Balaban J connectivity index is 1.29. The zero-order chi connectivity index (χ0) is 26.6. The lowest BCUT2D eigenvalue weighted by Gasteiger charge is -2.36. The average molecular weight is 561 g/mol. The highest BCUT2D eigenvalue weighted by molar-refractivity contribution is 7.09. The van der Waals surface area contributed by atoms with Crippen LogP contribution in [0.25, 0.3) is 0 Å². The monoisotopic (exact) mass is 560 g/mol. The molecule has 8 nitrogen and oxygen atoms in total. The molecule has 0 atom stereocenters. The number of amides is 3. The third-order valence-electron chi connectivity index (χ3n) is 5.98. The van der Waals surface area contributed by atoms with Gasteiger partial charge in [0.1, 0.15) is 11.4 Å². The first-order chi connectivity index (χ1) is 17.6. The maximum absolute atomic E-state index is 13.2. The standard InChI is InChI=1S/C26H26Cl2N4O4S/c1-26(2,36-21-9-4-3-8-19(21)28)25(35)32-12-10-16(11-13-32)24-29-20(15-37-24)23(34)31-30-22(33)17-6-5-7-18(27)14-17/h3-9,14-16H,10-13H2,1-2H3,(H,30,33)(H,31,34). The number of halogens is 2. The van der Waals surface area contributed by atoms with Crippen molar-refractivity contribution in [3.05, 3.63) is 80.2 Å². The summed E-state index contributed by atoms with van der Waals surface area (Å²) in [6.07, 6.45) is 1.43. The smallest absolute Gasteiger partial charge is 0.289 e. The van der Waals surface area contributed by atoms with Crippen molar-refractivity contribution in [2.24, 2.45) is 0 Å². The Bertz CT molecular complexity index is 1300. The van der Waals surface area contributed by atoms with Gasteiger partial charge in [0.05, 0.1) is 10.0 Å². The number of piperidine rings is 1. The number of hydrogen-bond donors (Lipinski definition) is 2. The molecule has 1 fully saturated rings. The molecule has 2 aromatic carbocycles. The van der Waals surface area contributed by atoms with E-state index >= 15 is 0 Å². The molecule has 37 heavy (non-hydrogen) atoms. The molecule has 0 spiro atoms. The van der Waals surface area contributed by atoms with Gasteiger partial charge in [-0.25, -0.2) is 4.98 Å². The van der Waals surface area contributed by atoms with Gasteiger partial charge in [0, 0.05) is 35.0 Å². The van der Waals surface area contributed by atoms with Crippen LogP contribution in [0.4, 0.5) is 0 Å². The van der Waals surface area contributed by atoms with E-state index in [0.717, 1.165) is 5.01 Å². The van der Waals surface area contributed by atoms with Gasteiger partial charge in [0.2, 0.25) is 0 Å². The van der Waals surface area contributed by atoms with E-state index in [9.17, 15) is 14.4 Å². The van der Waals surface area contributed by atoms with E-state index in [1.54, 1.807) is 60.5 Å². The lowest BCUT2D eigenvalue weighted by molar-refractivity contribution is -0.146. The fourth-order valence-corrected chi connectivity index (χ4v) is 5.35. The van der Waals surface area contributed by atoms with Gasteiger partial charge in [-0.3, -0.25) is 25.2 Å². The molecule has 0 saturated carbocycles. The molecule has 2 N–H and O–H groups in total. The van der Waals surface area contributed by atoms with Crippen LogP contribution in [0.2, 0.25) is 10.0 Å². The summed E-state index contributed by atoms with van der Waals surface area (Å²) in [5.74, 6) is -0.506. The first-order valence-electron chi connectivity index (χ1n) is 11.7. The Hall–Kier alpha value is -3.14. The molecule has 0 unspecified atom stereocenters. The molecular weight excluding hydrogens is 535 g/mol. The summed E-state index contributed by atoms with van der Waals surface area (Å²) < 4.78 is 5.95. The first kappa shape index (κ1) is 26.9. The number of hydrogen-bond acceptors (Lipinski definition) is 6. The van der Waals surface area contributed by atoms with Gasteiger partial charge in [0.25, 0.3) is 17.7 Å². The van der Waals surface area contributed by atoms with Crippen LogP contribution in [-0.2, 0) is 4.79 Å². The molecule has 3 aromatic rings. The molecule has 0 radical (unpaired) electrons. The lowest BCUT2D eigenvalue weighted by Crippen LogP contribution is -2.51. The fraction of sp³-hybridized carbons (Fsp3) is 0.308. The van der Waals surface area contributed by atoms with E-state index in [2.05, 4.69) is 15.8 Å². The number of ether oxygens (including phenoxy) is 1. The Morgan fingerprint density at radius 1 is 1.03 bits per heavy atom. The number of para-hydroxylation sites is 1. The number of benzene rings is 2. The van der Waals surface area contributed by atoms with Gasteiger partial charge in [-0.15, -0.1) is 11.3 Å². The van der Waals surface area contributed by atoms with Crippen molar-refractivity contribution >= 4 is 52.3 Å². The summed E-state index contributed by atoms with van der Waals surface area (Å²) in [5, 5.41) is 3.36. The predicted molar refractivity (Wildman–Crippen MR) is 143 cm³/mol. The Kier molecular flexibility index (Phi) is 8.36. The van der Waals surface area contributed by atoms with Crippen molar-refractivity contribution < 1.29 is 19.1 Å². The number of thiazole rings is 1. The fourth-order valence-electron chi connectivity index (χ4n) is 4.02. The molecule has 3 amide bonds. The van der Waals surface area contributed by atoms with Crippen molar-refractivity contribution in [1.82, 2.24) is 20.7 Å². The number of rotatable bonds is 6. The summed E-state index contributed by atoms with van der Waals surface area (Å²) in [6, 6.07) is 13.5. The van der Waals surface area contributed by atoms with Crippen LogP contribution < -0.4 is 15.6 Å². The summed E-state index contributed by atoms with van der Waals surface area (Å²) >= 11 is 13.5. The van der Waals surface area contributed by atoms with E-state index in [1.807, 2.05) is 6.07 Å². The van der Waals surface area contributed by atoms with Gasteiger partial charge >= 0.3 is 0 Å². The van der Waals surface area contributed by atoms with Crippen LogP contribution >= 0.6 is 34.5 Å². The SMILES string of the molecule is CC(C)(Oc1ccccc1Cl)C(=O)N1CCC(c2nc(C(=O)NNC(=O)c3cccc(Cl)c3)cs2)CC1. The van der Waals surface area contributed by atoms with Gasteiger partial charge in [-0.05, 0) is 57.0 Å². The molecule has 1 aliphatic rings. The van der Waals surface area contributed by atoms with Crippen molar-refractivity contribution in [1.29, 1.82) is 0 Å². The van der Waals surface area contributed by atoms with Crippen LogP contribution in [0.15, 0.2) is 53.9 Å². The molecule has 194 valence electrons. The van der Waals surface area contributed by atoms with Crippen LogP contribution in [0.1, 0.15) is 58.5 Å². The molecule has 0 aliphatic carbocycles. The van der Waals surface area contributed by atoms with Gasteiger partial charge in [0.15, 0.2) is 5.60 Å². The highest BCUT2D eigenvalue weighted by atomic mass is 35.5. The average Bonchev–Trinajstić information content (AvgIpc) is 3.38. The first-order valence-corrected chi connectivity index (χ1v) is 13.3. The number of hydrazine groups is 1. The second-order valence-electron chi connectivity index (χ2n) is 9.10. The maximum atomic E-state index is 13.2. The molecular formula is C26H26Cl2N4O4S. The maximum Gasteiger partial charge on any atom is 0.289 e. The molecule has 1 aliphatic heterocycles. The predicted octanol–water partition coefficient (Wildman–Crippen LogP) is 5.09. The second-order valence-corrected chi connectivity index (χ2v) is 10.8. The molecule has 4 rings (SSSR count). The molecule has 1 aromatic heterocycles. The quantitative estimate of drug-likeness (QED) is 0.409. The molecule has 0 bridgehead atoms. The largest absolute Gasteiger partial charge is 0.476 e. The Morgan fingerprint density at radius 2 is 1.73 bits per heavy atom. The summed E-state index contributed by atoms with van der Waals surface area (Å²) in [4.78, 5) is 44.1. The highest BCUT2D eigenvalue weighted by Crippen LogP contribution is 2.33.